The van der Waals surface area contributed by atoms with Crippen molar-refractivity contribution in [2.45, 2.75) is 71.8 Å². The number of aromatic nitrogens is 1. The minimum absolute atomic E-state index is 0.145. The molecule has 1 aliphatic carbocycles. The van der Waals surface area contributed by atoms with Crippen LogP contribution < -0.4 is 26.1 Å². The van der Waals surface area contributed by atoms with Gasteiger partial charge in [-0.25, -0.2) is 0 Å². The number of rotatable bonds is 4. The number of pyridine rings is 1. The van der Waals surface area contributed by atoms with Gasteiger partial charge >= 0.3 is 0 Å². The van der Waals surface area contributed by atoms with Crippen molar-refractivity contribution in [1.82, 2.24) is 10.3 Å². The Balaban J connectivity index is 1.55. The van der Waals surface area contributed by atoms with Crippen molar-refractivity contribution in [1.29, 1.82) is 0 Å². The molecule has 0 spiro atoms. The molecule has 1 aliphatic heterocycles. The molecule has 0 bridgehead atoms. The van der Waals surface area contributed by atoms with Gasteiger partial charge in [-0.2, -0.15) is 0 Å². The average molecular weight is 504 g/mol. The van der Waals surface area contributed by atoms with Gasteiger partial charge in [0.25, 0.3) is 17.3 Å². The summed E-state index contributed by atoms with van der Waals surface area (Å²) in [5.74, 6) is 0.395. The highest BCUT2D eigenvalue weighted by Crippen LogP contribution is 2.51. The zero-order valence-electron chi connectivity index (χ0n) is 18.9. The Kier molecular flexibility index (Phi) is 6.11. The maximum absolute atomic E-state index is 13.0. The third-order valence-corrected chi connectivity index (χ3v) is 7.31. The Morgan fingerprint density at radius 3 is 2.50 bits per heavy atom. The Morgan fingerprint density at radius 1 is 1.19 bits per heavy atom. The van der Waals surface area contributed by atoms with Crippen LogP contribution in [0.5, 0.6) is 11.5 Å². The largest absolute Gasteiger partial charge is 0.448 e. The van der Waals surface area contributed by atoms with E-state index in [4.69, 9.17) is 15.2 Å². The van der Waals surface area contributed by atoms with E-state index in [1.165, 1.54) is 0 Å². The number of fused-ring (bicyclic) bond motifs is 1. The minimum Gasteiger partial charge on any atom is -0.448 e. The van der Waals surface area contributed by atoms with Gasteiger partial charge in [-0.3, -0.25) is 9.59 Å². The molecular weight excluding hydrogens is 474 g/mol. The van der Waals surface area contributed by atoms with Crippen LogP contribution in [0.1, 0.15) is 65.3 Å². The molecule has 0 radical (unpaired) electrons. The van der Waals surface area contributed by atoms with E-state index < -0.39 is 5.79 Å². The molecule has 1 aromatic carbocycles. The maximum atomic E-state index is 13.0. The lowest BCUT2D eigenvalue weighted by molar-refractivity contribution is -0.121. The molecule has 2 aromatic rings. The van der Waals surface area contributed by atoms with Crippen molar-refractivity contribution in [3.63, 3.8) is 0 Å². The summed E-state index contributed by atoms with van der Waals surface area (Å²) in [6.07, 6.45) is 3.80. The fourth-order valence-corrected chi connectivity index (χ4v) is 5.25. The van der Waals surface area contributed by atoms with Gasteiger partial charge in [0.05, 0.1) is 4.47 Å². The van der Waals surface area contributed by atoms with Gasteiger partial charge < -0.3 is 25.5 Å². The second-order valence-electron chi connectivity index (χ2n) is 9.15. The zero-order chi connectivity index (χ0) is 23.2. The predicted molar refractivity (Wildman–Crippen MR) is 126 cm³/mol. The number of aryl methyl sites for hydroxylation is 2. The van der Waals surface area contributed by atoms with E-state index in [0.29, 0.717) is 32.7 Å². The number of halogens is 1. The quantitative estimate of drug-likeness (QED) is 0.584. The third kappa shape index (κ3) is 4.18. The van der Waals surface area contributed by atoms with E-state index in [-0.39, 0.29) is 30.0 Å². The summed E-state index contributed by atoms with van der Waals surface area (Å²) < 4.78 is 13.3. The third-order valence-electron chi connectivity index (χ3n) is 6.73. The highest BCUT2D eigenvalue weighted by Gasteiger charge is 2.47. The zero-order valence-corrected chi connectivity index (χ0v) is 20.5. The Bertz CT molecular complexity index is 1120. The minimum atomic E-state index is -0.781. The summed E-state index contributed by atoms with van der Waals surface area (Å²) in [7, 11) is 0. The second kappa shape index (κ2) is 8.56. The van der Waals surface area contributed by atoms with E-state index in [2.05, 4.69) is 26.2 Å². The van der Waals surface area contributed by atoms with Gasteiger partial charge in [-0.05, 0) is 80.1 Å². The number of hydrogen-bond acceptors (Lipinski definition) is 5. The fourth-order valence-electron chi connectivity index (χ4n) is 4.76. The number of H-pyrrole nitrogens is 1. The van der Waals surface area contributed by atoms with E-state index in [9.17, 15) is 9.59 Å². The van der Waals surface area contributed by atoms with E-state index in [1.807, 2.05) is 33.8 Å². The first-order chi connectivity index (χ1) is 15.1. The molecule has 172 valence electrons. The van der Waals surface area contributed by atoms with E-state index >= 15 is 0 Å². The molecule has 8 heteroatoms. The summed E-state index contributed by atoms with van der Waals surface area (Å²) >= 11 is 3.55. The van der Waals surface area contributed by atoms with Crippen molar-refractivity contribution in [3.05, 3.63) is 54.9 Å². The molecule has 2 aliphatic rings. The van der Waals surface area contributed by atoms with E-state index in [0.717, 1.165) is 36.9 Å². The SMILES string of the molecule is Cc1cc(C)c(CNC(=O)c2cc(Br)c3c(c2C)OC(C)([C@H]2CC[C@H](N)CC2)O3)c(=O)[nH]1. The molecule has 1 saturated carbocycles. The summed E-state index contributed by atoms with van der Waals surface area (Å²) in [4.78, 5) is 28.1. The van der Waals surface area contributed by atoms with Crippen molar-refractivity contribution in [3.8, 4) is 11.5 Å². The van der Waals surface area contributed by atoms with Crippen LogP contribution in [0.2, 0.25) is 0 Å². The van der Waals surface area contributed by atoms with Gasteiger partial charge in [0.2, 0.25) is 0 Å². The molecule has 1 aromatic heterocycles. The molecule has 7 nitrogen and oxygen atoms in total. The molecule has 32 heavy (non-hydrogen) atoms. The van der Waals surface area contributed by atoms with Gasteiger partial charge in [0.15, 0.2) is 11.5 Å². The molecule has 4 rings (SSSR count). The lowest BCUT2D eigenvalue weighted by Gasteiger charge is -2.36. The number of hydrogen-bond donors (Lipinski definition) is 3. The maximum Gasteiger partial charge on any atom is 0.253 e. The summed E-state index contributed by atoms with van der Waals surface area (Å²) in [5, 5.41) is 2.87. The second-order valence-corrected chi connectivity index (χ2v) is 10.0. The summed E-state index contributed by atoms with van der Waals surface area (Å²) in [6, 6.07) is 3.89. The fraction of sp³-hybridized carbons (Fsp3) is 0.500. The lowest BCUT2D eigenvalue weighted by Crippen LogP contribution is -2.46. The summed E-state index contributed by atoms with van der Waals surface area (Å²) in [5.41, 5.74) is 9.26. The van der Waals surface area contributed by atoms with Gasteiger partial charge in [-0.15, -0.1) is 0 Å². The standard InChI is InChI=1S/C24H30BrN3O4/c1-12-9-13(2)28-23(30)18(12)11-27-22(29)17-10-19(25)21-20(14(17)3)31-24(4,32-21)15-5-7-16(26)8-6-15/h9-10,15-16H,5-8,11,26H2,1-4H3,(H,27,29)(H,28,30)/t15-,16-,24?. The topological polar surface area (TPSA) is 106 Å². The van der Waals surface area contributed by atoms with Crippen LogP contribution in [0.3, 0.4) is 0 Å². The van der Waals surface area contributed by atoms with Crippen LogP contribution >= 0.6 is 15.9 Å². The first-order valence-corrected chi connectivity index (χ1v) is 11.8. The number of carbonyl (C=O) groups is 1. The Hall–Kier alpha value is -2.32. The Morgan fingerprint density at radius 2 is 1.84 bits per heavy atom. The van der Waals surface area contributed by atoms with Crippen LogP contribution in [-0.2, 0) is 6.54 Å². The van der Waals surface area contributed by atoms with Gasteiger partial charge in [-0.1, -0.05) is 0 Å². The molecule has 2 heterocycles. The smallest absolute Gasteiger partial charge is 0.253 e. The van der Waals surface area contributed by atoms with Crippen LogP contribution in [0.4, 0.5) is 0 Å². The average Bonchev–Trinajstić information content (AvgIpc) is 3.10. The van der Waals surface area contributed by atoms with Crippen molar-refractivity contribution in [2.24, 2.45) is 11.7 Å². The van der Waals surface area contributed by atoms with Crippen molar-refractivity contribution < 1.29 is 14.3 Å². The van der Waals surface area contributed by atoms with Crippen molar-refractivity contribution in [2.75, 3.05) is 0 Å². The number of amides is 1. The molecule has 1 fully saturated rings. The van der Waals surface area contributed by atoms with Crippen LogP contribution in [0, 0.1) is 26.7 Å². The molecule has 1 unspecified atom stereocenters. The molecule has 1 atom stereocenters. The molecule has 4 N–H and O–H groups in total. The van der Waals surface area contributed by atoms with Crippen LogP contribution in [-0.4, -0.2) is 22.7 Å². The highest BCUT2D eigenvalue weighted by molar-refractivity contribution is 9.10. The molecule has 0 saturated heterocycles. The first-order valence-electron chi connectivity index (χ1n) is 11.0. The molecular formula is C24H30BrN3O4. The number of ether oxygens (including phenoxy) is 2. The number of nitrogens with one attached hydrogen (secondary N) is 2. The summed E-state index contributed by atoms with van der Waals surface area (Å²) in [6.45, 7) is 7.67. The number of benzene rings is 1. The highest BCUT2D eigenvalue weighted by atomic mass is 79.9. The van der Waals surface area contributed by atoms with Gasteiger partial charge in [0, 0.05) is 47.8 Å². The molecule has 1 amide bonds. The lowest BCUT2D eigenvalue weighted by atomic mass is 9.81. The number of aromatic amines is 1. The predicted octanol–water partition coefficient (Wildman–Crippen LogP) is 4.00. The van der Waals surface area contributed by atoms with Gasteiger partial charge in [0.1, 0.15) is 0 Å². The number of nitrogens with two attached hydrogens (primary N) is 1. The van der Waals surface area contributed by atoms with E-state index in [1.54, 1.807) is 6.07 Å². The monoisotopic (exact) mass is 503 g/mol. The number of carbonyl (C=O) groups excluding carboxylic acids is 1. The first kappa shape index (κ1) is 22.9. The van der Waals surface area contributed by atoms with Crippen LogP contribution in [0.15, 0.2) is 21.4 Å². The van der Waals surface area contributed by atoms with Crippen LogP contribution in [0.25, 0.3) is 0 Å². The Labute approximate surface area is 196 Å². The van der Waals surface area contributed by atoms with Crippen molar-refractivity contribution >= 4 is 21.8 Å². The normalized spacial score (nSPS) is 24.4.